The molecule has 2 N–H and O–H groups in total. The van der Waals surface area contributed by atoms with Crippen LogP contribution in [-0.4, -0.2) is 29.6 Å². The maximum atomic E-state index is 13.0. The molecule has 0 bridgehead atoms. The average Bonchev–Trinajstić information content (AvgIpc) is 2.69. The smallest absolute Gasteiger partial charge is 0.241 e. The van der Waals surface area contributed by atoms with Crippen LogP contribution in [0, 0.1) is 13.8 Å². The topological polar surface area (TPSA) is 54.0 Å². The first kappa shape index (κ1) is 12.0. The number of hydrogen-bond donors (Lipinski definition) is 2. The van der Waals surface area contributed by atoms with Crippen molar-refractivity contribution in [3.63, 3.8) is 0 Å². The third-order valence-electron chi connectivity index (χ3n) is 2.88. The summed E-state index contributed by atoms with van der Waals surface area (Å²) in [5, 5.41) is 5.62. The van der Waals surface area contributed by atoms with Crippen LogP contribution in [0.3, 0.4) is 0 Å². The van der Waals surface area contributed by atoms with Gasteiger partial charge in [-0.2, -0.15) is 0 Å². The Hall–Kier alpha value is -1.49. The monoisotopic (exact) mass is 237 g/mol. The van der Waals surface area contributed by atoms with Crippen LogP contribution in [0.4, 0.5) is 10.1 Å². The zero-order chi connectivity index (χ0) is 12.4. The lowest BCUT2D eigenvalue weighted by atomic mass is 10.2. The predicted octanol–water partition coefficient (Wildman–Crippen LogP) is 1.34. The van der Waals surface area contributed by atoms with Crippen LogP contribution in [0.2, 0.25) is 0 Å². The Bertz CT molecular complexity index is 436. The molecule has 0 saturated carbocycles. The highest BCUT2D eigenvalue weighted by Gasteiger charge is 2.29. The van der Waals surface area contributed by atoms with Gasteiger partial charge in [-0.25, -0.2) is 4.39 Å². The summed E-state index contributed by atoms with van der Waals surface area (Å²) in [5.74, 6) is -0.195. The van der Waals surface area contributed by atoms with Crippen molar-refractivity contribution in [2.75, 3.05) is 11.9 Å². The van der Waals surface area contributed by atoms with Gasteiger partial charge in [-0.15, -0.1) is 0 Å². The Labute approximate surface area is 99.6 Å². The summed E-state index contributed by atoms with van der Waals surface area (Å²) in [7, 11) is 0. The highest BCUT2D eigenvalue weighted by molar-refractivity contribution is 5.95. The molecule has 1 amide bonds. The minimum atomic E-state index is -0.928. The number of amides is 1. The molecule has 0 spiro atoms. The van der Waals surface area contributed by atoms with Crippen molar-refractivity contribution < 1.29 is 9.18 Å². The Balaban J connectivity index is 2.03. The molecular formula is C12H16FN3O. The second-order valence-electron chi connectivity index (χ2n) is 4.37. The summed E-state index contributed by atoms with van der Waals surface area (Å²) < 4.78 is 13.0. The number of hydrogen-bond acceptors (Lipinski definition) is 3. The van der Waals surface area contributed by atoms with Crippen LogP contribution in [0.1, 0.15) is 17.8 Å². The van der Waals surface area contributed by atoms with Crippen LogP contribution in [-0.2, 0) is 4.79 Å². The fraction of sp³-hybridized carbons (Fsp3) is 0.500. The fourth-order valence-corrected chi connectivity index (χ4v) is 1.93. The van der Waals surface area contributed by atoms with Crippen LogP contribution >= 0.6 is 0 Å². The zero-order valence-electron chi connectivity index (χ0n) is 9.96. The highest BCUT2D eigenvalue weighted by Crippen LogP contribution is 2.15. The van der Waals surface area contributed by atoms with E-state index in [0.717, 1.165) is 11.4 Å². The molecule has 2 atom stereocenters. The van der Waals surface area contributed by atoms with Crippen LogP contribution in [0.5, 0.6) is 0 Å². The molecule has 0 unspecified atom stereocenters. The third-order valence-corrected chi connectivity index (χ3v) is 2.88. The molecule has 1 saturated heterocycles. The lowest BCUT2D eigenvalue weighted by Gasteiger charge is -2.12. The second-order valence-corrected chi connectivity index (χ2v) is 4.37. The Morgan fingerprint density at radius 2 is 2.29 bits per heavy atom. The number of nitrogens with zero attached hydrogens (tertiary/aromatic N) is 1. The molecule has 0 radical (unpaired) electrons. The standard InChI is InChI=1S/C12H16FN3O/c1-7-3-4-10(8(2)15-7)16-12(17)11-5-9(13)6-14-11/h3-4,9,11,14H,5-6H2,1-2H3,(H,16,17)/t9-,11+/m0/s1. The Kier molecular flexibility index (Phi) is 3.38. The number of pyridine rings is 1. The van der Waals surface area contributed by atoms with Crippen molar-refractivity contribution in [1.29, 1.82) is 0 Å². The first-order valence-corrected chi connectivity index (χ1v) is 5.69. The Morgan fingerprint density at radius 3 is 2.88 bits per heavy atom. The maximum absolute atomic E-state index is 13.0. The molecule has 4 nitrogen and oxygen atoms in total. The molecule has 92 valence electrons. The number of anilines is 1. The quantitative estimate of drug-likeness (QED) is 0.816. The van der Waals surface area contributed by atoms with Gasteiger partial charge in [-0.05, 0) is 26.0 Å². The van der Waals surface area contributed by atoms with Crippen molar-refractivity contribution in [1.82, 2.24) is 10.3 Å². The van der Waals surface area contributed by atoms with E-state index >= 15 is 0 Å². The van der Waals surface area contributed by atoms with Crippen molar-refractivity contribution in [2.24, 2.45) is 0 Å². The summed E-state index contributed by atoms with van der Waals surface area (Å²) >= 11 is 0. The molecule has 0 aromatic carbocycles. The zero-order valence-corrected chi connectivity index (χ0v) is 9.96. The number of alkyl halides is 1. The number of rotatable bonds is 2. The number of nitrogens with one attached hydrogen (secondary N) is 2. The van der Waals surface area contributed by atoms with Gasteiger partial charge in [0.2, 0.25) is 5.91 Å². The van der Waals surface area contributed by atoms with Gasteiger partial charge in [0, 0.05) is 18.7 Å². The first-order chi connectivity index (χ1) is 8.06. The van der Waals surface area contributed by atoms with E-state index in [2.05, 4.69) is 15.6 Å². The molecule has 17 heavy (non-hydrogen) atoms. The maximum Gasteiger partial charge on any atom is 0.241 e. The number of aromatic nitrogens is 1. The molecular weight excluding hydrogens is 221 g/mol. The lowest BCUT2D eigenvalue weighted by Crippen LogP contribution is -2.35. The summed E-state index contributed by atoms with van der Waals surface area (Å²) in [6.45, 7) is 3.98. The van der Waals surface area contributed by atoms with Gasteiger partial charge >= 0.3 is 0 Å². The fourth-order valence-electron chi connectivity index (χ4n) is 1.93. The van der Waals surface area contributed by atoms with E-state index in [9.17, 15) is 9.18 Å². The summed E-state index contributed by atoms with van der Waals surface area (Å²) in [6, 6.07) is 3.21. The SMILES string of the molecule is Cc1ccc(NC(=O)[C@H]2C[C@H](F)CN2)c(C)n1. The molecule has 1 aromatic rings. The lowest BCUT2D eigenvalue weighted by molar-refractivity contribution is -0.117. The van der Waals surface area contributed by atoms with E-state index in [0.29, 0.717) is 5.69 Å². The minimum Gasteiger partial charge on any atom is -0.323 e. The van der Waals surface area contributed by atoms with Crippen molar-refractivity contribution in [2.45, 2.75) is 32.5 Å². The largest absolute Gasteiger partial charge is 0.323 e. The molecule has 2 rings (SSSR count). The van der Waals surface area contributed by atoms with Gasteiger partial charge in [0.1, 0.15) is 6.17 Å². The van der Waals surface area contributed by atoms with Crippen LogP contribution < -0.4 is 10.6 Å². The van der Waals surface area contributed by atoms with Crippen molar-refractivity contribution in [3.8, 4) is 0 Å². The molecule has 5 heteroatoms. The summed E-state index contributed by atoms with van der Waals surface area (Å²) in [6.07, 6.45) is -0.688. The van der Waals surface area contributed by atoms with Crippen molar-refractivity contribution in [3.05, 3.63) is 23.5 Å². The molecule has 0 aliphatic carbocycles. The molecule has 2 heterocycles. The predicted molar refractivity (Wildman–Crippen MR) is 63.6 cm³/mol. The minimum absolute atomic E-state index is 0.195. The molecule has 1 aliphatic rings. The van der Waals surface area contributed by atoms with E-state index in [1.165, 1.54) is 0 Å². The van der Waals surface area contributed by atoms with Gasteiger partial charge < -0.3 is 10.6 Å². The van der Waals surface area contributed by atoms with Gasteiger partial charge in [-0.3, -0.25) is 9.78 Å². The van der Waals surface area contributed by atoms with Gasteiger partial charge in [-0.1, -0.05) is 0 Å². The third kappa shape index (κ3) is 2.79. The van der Waals surface area contributed by atoms with E-state index < -0.39 is 12.2 Å². The molecule has 1 fully saturated rings. The molecule has 1 aromatic heterocycles. The highest BCUT2D eigenvalue weighted by atomic mass is 19.1. The van der Waals surface area contributed by atoms with Crippen LogP contribution in [0.15, 0.2) is 12.1 Å². The van der Waals surface area contributed by atoms with Gasteiger partial charge in [0.05, 0.1) is 17.4 Å². The van der Waals surface area contributed by atoms with E-state index in [4.69, 9.17) is 0 Å². The number of halogens is 1. The van der Waals surface area contributed by atoms with Gasteiger partial charge in [0.15, 0.2) is 0 Å². The average molecular weight is 237 g/mol. The normalized spacial score (nSPS) is 23.7. The first-order valence-electron chi connectivity index (χ1n) is 5.69. The second kappa shape index (κ2) is 4.79. The molecule has 1 aliphatic heterocycles. The summed E-state index contributed by atoms with van der Waals surface area (Å²) in [5.41, 5.74) is 2.36. The van der Waals surface area contributed by atoms with E-state index in [-0.39, 0.29) is 18.9 Å². The number of carbonyl (C=O) groups excluding carboxylic acids is 1. The van der Waals surface area contributed by atoms with Gasteiger partial charge in [0.25, 0.3) is 0 Å². The number of carbonyl (C=O) groups is 1. The van der Waals surface area contributed by atoms with E-state index in [1.54, 1.807) is 0 Å². The van der Waals surface area contributed by atoms with Crippen LogP contribution in [0.25, 0.3) is 0 Å². The number of aryl methyl sites for hydroxylation is 2. The van der Waals surface area contributed by atoms with E-state index in [1.807, 2.05) is 26.0 Å². The van der Waals surface area contributed by atoms with Crippen molar-refractivity contribution >= 4 is 11.6 Å². The summed E-state index contributed by atoms with van der Waals surface area (Å²) in [4.78, 5) is 16.1. The Morgan fingerprint density at radius 1 is 1.53 bits per heavy atom.